The molecule has 1 aliphatic rings. The van der Waals surface area contributed by atoms with E-state index in [0.717, 1.165) is 29.3 Å². The van der Waals surface area contributed by atoms with Gasteiger partial charge in [0.15, 0.2) is 0 Å². The minimum Gasteiger partial charge on any atom is -0.317 e. The molecule has 0 aliphatic heterocycles. The van der Waals surface area contributed by atoms with Crippen LogP contribution in [0, 0.1) is 22.0 Å². The van der Waals surface area contributed by atoms with Crippen molar-refractivity contribution in [1.29, 1.82) is 0 Å². The molecule has 0 radical (unpaired) electrons. The van der Waals surface area contributed by atoms with E-state index in [0.29, 0.717) is 17.9 Å². The minimum absolute atomic E-state index is 0.229. The maximum atomic E-state index is 11.2. The molecule has 5 heteroatoms. The van der Waals surface area contributed by atoms with E-state index in [1.165, 1.54) is 6.42 Å². The van der Waals surface area contributed by atoms with Gasteiger partial charge in [-0.25, -0.2) is 0 Å². The van der Waals surface area contributed by atoms with Crippen LogP contribution in [0.5, 0.6) is 0 Å². The highest BCUT2D eigenvalue weighted by Gasteiger charge is 2.29. The standard InChI is InChI=1S/C15H21BrN2O2/c1-10-3-6-14(17-2)12(7-10)8-11-4-5-13(16)9-15(11)18(19)20/h4-5,9-10,12,14,17H,3,6-8H2,1-2H3. The normalized spacial score (nSPS) is 26.4. The molecule has 0 saturated heterocycles. The monoisotopic (exact) mass is 340 g/mol. The molecule has 20 heavy (non-hydrogen) atoms. The van der Waals surface area contributed by atoms with E-state index in [4.69, 9.17) is 0 Å². The number of nitro groups is 1. The summed E-state index contributed by atoms with van der Waals surface area (Å²) in [6.07, 6.45) is 4.31. The molecule has 1 aliphatic carbocycles. The van der Waals surface area contributed by atoms with Crippen molar-refractivity contribution in [2.24, 2.45) is 11.8 Å². The van der Waals surface area contributed by atoms with Gasteiger partial charge in [0.2, 0.25) is 0 Å². The van der Waals surface area contributed by atoms with Crippen molar-refractivity contribution in [1.82, 2.24) is 5.32 Å². The molecule has 3 unspecified atom stereocenters. The van der Waals surface area contributed by atoms with Crippen molar-refractivity contribution in [3.63, 3.8) is 0 Å². The highest BCUT2D eigenvalue weighted by molar-refractivity contribution is 9.10. The van der Waals surface area contributed by atoms with Crippen LogP contribution in [0.25, 0.3) is 0 Å². The van der Waals surface area contributed by atoms with E-state index >= 15 is 0 Å². The number of rotatable bonds is 4. The van der Waals surface area contributed by atoms with Gasteiger partial charge >= 0.3 is 0 Å². The molecule has 1 aromatic carbocycles. The van der Waals surface area contributed by atoms with Gasteiger partial charge in [0.25, 0.3) is 5.69 Å². The van der Waals surface area contributed by atoms with Gasteiger partial charge in [-0.1, -0.05) is 28.9 Å². The number of hydrogen-bond acceptors (Lipinski definition) is 3. The zero-order valence-electron chi connectivity index (χ0n) is 11.9. The Hall–Kier alpha value is -0.940. The van der Waals surface area contributed by atoms with Gasteiger partial charge in [-0.15, -0.1) is 0 Å². The van der Waals surface area contributed by atoms with Crippen LogP contribution < -0.4 is 5.32 Å². The molecule has 0 spiro atoms. The van der Waals surface area contributed by atoms with Gasteiger partial charge in [0.1, 0.15) is 0 Å². The van der Waals surface area contributed by atoms with Crippen LogP contribution in [0.4, 0.5) is 5.69 Å². The van der Waals surface area contributed by atoms with E-state index < -0.39 is 0 Å². The lowest BCUT2D eigenvalue weighted by molar-refractivity contribution is -0.385. The molecule has 3 atom stereocenters. The molecule has 0 amide bonds. The first-order valence-corrected chi connectivity index (χ1v) is 7.90. The molecule has 0 aromatic heterocycles. The van der Waals surface area contributed by atoms with Crippen LogP contribution in [0.2, 0.25) is 0 Å². The summed E-state index contributed by atoms with van der Waals surface area (Å²) in [7, 11) is 1.99. The fraction of sp³-hybridized carbons (Fsp3) is 0.600. The van der Waals surface area contributed by atoms with Crippen LogP contribution in [0.3, 0.4) is 0 Å². The topological polar surface area (TPSA) is 55.2 Å². The highest BCUT2D eigenvalue weighted by Crippen LogP contribution is 2.34. The molecule has 4 nitrogen and oxygen atoms in total. The van der Waals surface area contributed by atoms with E-state index in [1.54, 1.807) is 6.07 Å². The fourth-order valence-corrected chi connectivity index (χ4v) is 3.62. The van der Waals surface area contributed by atoms with E-state index in [-0.39, 0.29) is 10.6 Å². The lowest BCUT2D eigenvalue weighted by Crippen LogP contribution is -2.39. The van der Waals surface area contributed by atoms with Crippen molar-refractivity contribution in [3.05, 3.63) is 38.3 Å². The summed E-state index contributed by atoms with van der Waals surface area (Å²) >= 11 is 3.31. The van der Waals surface area contributed by atoms with Gasteiger partial charge < -0.3 is 5.32 Å². The third-order valence-electron chi connectivity index (χ3n) is 4.34. The minimum atomic E-state index is -0.277. The van der Waals surface area contributed by atoms with Crippen molar-refractivity contribution in [2.45, 2.75) is 38.6 Å². The fourth-order valence-electron chi connectivity index (χ4n) is 3.27. The van der Waals surface area contributed by atoms with Crippen LogP contribution in [0.15, 0.2) is 22.7 Å². The summed E-state index contributed by atoms with van der Waals surface area (Å²) in [6, 6.07) is 5.85. The van der Waals surface area contributed by atoms with Gasteiger partial charge in [0.05, 0.1) is 4.92 Å². The molecule has 0 heterocycles. The molecule has 1 saturated carbocycles. The second-order valence-corrected chi connectivity index (χ2v) is 6.72. The number of nitrogens with zero attached hydrogens (tertiary/aromatic N) is 1. The number of nitrogens with one attached hydrogen (secondary N) is 1. The number of hydrogen-bond donors (Lipinski definition) is 1. The predicted octanol–water partition coefficient (Wildman–Crippen LogP) is 3.92. The Morgan fingerprint density at radius 1 is 1.45 bits per heavy atom. The van der Waals surface area contributed by atoms with Crippen molar-refractivity contribution >= 4 is 21.6 Å². The Morgan fingerprint density at radius 2 is 2.20 bits per heavy atom. The third-order valence-corrected chi connectivity index (χ3v) is 4.83. The SMILES string of the molecule is CNC1CCC(C)CC1Cc1ccc(Br)cc1[N+](=O)[O-]. The average molecular weight is 341 g/mol. The summed E-state index contributed by atoms with van der Waals surface area (Å²) in [4.78, 5) is 10.9. The third kappa shape index (κ3) is 3.58. The van der Waals surface area contributed by atoms with Gasteiger partial charge in [-0.3, -0.25) is 10.1 Å². The van der Waals surface area contributed by atoms with Crippen molar-refractivity contribution in [3.8, 4) is 0 Å². The smallest absolute Gasteiger partial charge is 0.273 e. The average Bonchev–Trinajstić information content (AvgIpc) is 2.41. The Kier molecular flexibility index (Phi) is 5.16. The Morgan fingerprint density at radius 3 is 2.85 bits per heavy atom. The lowest BCUT2D eigenvalue weighted by atomic mass is 9.76. The number of benzene rings is 1. The summed E-state index contributed by atoms with van der Waals surface area (Å²) in [5.74, 6) is 1.18. The van der Waals surface area contributed by atoms with Crippen molar-refractivity contribution in [2.75, 3.05) is 7.05 Å². The maximum absolute atomic E-state index is 11.2. The maximum Gasteiger partial charge on any atom is 0.273 e. The molecule has 110 valence electrons. The molecule has 0 bridgehead atoms. The molecule has 1 N–H and O–H groups in total. The first kappa shape index (κ1) is 15.4. The van der Waals surface area contributed by atoms with Crippen molar-refractivity contribution < 1.29 is 4.92 Å². The second kappa shape index (κ2) is 6.68. The molecular weight excluding hydrogens is 320 g/mol. The summed E-state index contributed by atoms with van der Waals surface area (Å²) in [6.45, 7) is 2.27. The Labute approximate surface area is 128 Å². The highest BCUT2D eigenvalue weighted by atomic mass is 79.9. The predicted molar refractivity (Wildman–Crippen MR) is 83.9 cm³/mol. The molecule has 2 rings (SSSR count). The summed E-state index contributed by atoms with van der Waals surface area (Å²) in [5.41, 5.74) is 1.07. The van der Waals surface area contributed by atoms with Crippen LogP contribution >= 0.6 is 15.9 Å². The van der Waals surface area contributed by atoms with Crippen LogP contribution in [-0.4, -0.2) is 18.0 Å². The molecule has 1 fully saturated rings. The summed E-state index contributed by atoms with van der Waals surface area (Å²) in [5, 5.41) is 14.6. The largest absolute Gasteiger partial charge is 0.317 e. The molecule has 1 aromatic rings. The summed E-state index contributed by atoms with van der Waals surface area (Å²) < 4.78 is 0.759. The zero-order chi connectivity index (χ0) is 14.7. The van der Waals surface area contributed by atoms with Gasteiger partial charge in [0, 0.05) is 22.1 Å². The first-order chi connectivity index (χ1) is 9.51. The van der Waals surface area contributed by atoms with Crippen LogP contribution in [-0.2, 0) is 6.42 Å². The van der Waals surface area contributed by atoms with E-state index in [1.807, 2.05) is 19.2 Å². The van der Waals surface area contributed by atoms with Gasteiger partial charge in [-0.2, -0.15) is 0 Å². The Bertz CT molecular complexity index is 493. The molecular formula is C15H21BrN2O2. The van der Waals surface area contributed by atoms with E-state index in [9.17, 15) is 10.1 Å². The number of nitro benzene ring substituents is 1. The Balaban J connectivity index is 2.21. The lowest BCUT2D eigenvalue weighted by Gasteiger charge is -2.34. The first-order valence-electron chi connectivity index (χ1n) is 7.11. The number of halogens is 1. The van der Waals surface area contributed by atoms with Gasteiger partial charge in [-0.05, 0) is 50.6 Å². The zero-order valence-corrected chi connectivity index (χ0v) is 13.5. The van der Waals surface area contributed by atoms with Crippen LogP contribution in [0.1, 0.15) is 31.7 Å². The van der Waals surface area contributed by atoms with E-state index in [2.05, 4.69) is 28.2 Å². The quantitative estimate of drug-likeness (QED) is 0.667. The second-order valence-electron chi connectivity index (χ2n) is 5.81.